The Morgan fingerprint density at radius 1 is 1.08 bits per heavy atom. The van der Waals surface area contributed by atoms with E-state index in [0.717, 1.165) is 5.56 Å². The molecule has 0 radical (unpaired) electrons. The summed E-state index contributed by atoms with van der Waals surface area (Å²) in [7, 11) is 0. The third-order valence-electron chi connectivity index (χ3n) is 6.50. The molecule has 1 N–H and O–H groups in total. The summed E-state index contributed by atoms with van der Waals surface area (Å²) in [5.74, 6) is -0.505. The van der Waals surface area contributed by atoms with Gasteiger partial charge in [-0.3, -0.25) is 14.6 Å². The molecule has 9 heteroatoms. The van der Waals surface area contributed by atoms with Crippen LogP contribution in [0, 0.1) is 0 Å². The maximum Gasteiger partial charge on any atom is 0.338 e. The third-order valence-corrected chi connectivity index (χ3v) is 6.75. The van der Waals surface area contributed by atoms with Gasteiger partial charge in [-0.05, 0) is 36.8 Å². The molecule has 1 saturated heterocycles. The minimum Gasteiger partial charge on any atom is -0.463 e. The molecule has 0 saturated carbocycles. The average molecular weight is 523 g/mol. The van der Waals surface area contributed by atoms with Crippen LogP contribution >= 0.6 is 11.6 Å². The number of ether oxygens (including phenoxy) is 1. The summed E-state index contributed by atoms with van der Waals surface area (Å²) in [5, 5.41) is 3.55. The van der Waals surface area contributed by atoms with E-state index in [1.165, 1.54) is 0 Å². The molecule has 194 valence electrons. The lowest BCUT2D eigenvalue weighted by Crippen LogP contribution is -2.53. The molecule has 2 aromatic rings. The highest BCUT2D eigenvalue weighted by Gasteiger charge is 2.38. The van der Waals surface area contributed by atoms with Gasteiger partial charge in [-0.25, -0.2) is 9.59 Å². The van der Waals surface area contributed by atoms with Crippen LogP contribution in [0.1, 0.15) is 28.9 Å². The topological polar surface area (TPSA) is 82.2 Å². The predicted molar refractivity (Wildman–Crippen MR) is 142 cm³/mol. The van der Waals surface area contributed by atoms with Gasteiger partial charge in [-0.1, -0.05) is 48.0 Å². The van der Waals surface area contributed by atoms with Crippen LogP contribution in [0.15, 0.2) is 78.5 Å². The number of nitrogens with zero attached hydrogens (tertiary/aromatic N) is 3. The zero-order valence-corrected chi connectivity index (χ0v) is 21.6. The predicted octanol–water partition coefficient (Wildman–Crippen LogP) is 3.87. The molecule has 2 aliphatic rings. The van der Waals surface area contributed by atoms with Crippen molar-refractivity contribution < 1.29 is 19.1 Å². The van der Waals surface area contributed by atoms with Crippen molar-refractivity contribution in [2.75, 3.05) is 45.9 Å². The molecule has 1 atom stereocenters. The number of amides is 3. The van der Waals surface area contributed by atoms with Crippen LogP contribution < -0.4 is 5.32 Å². The summed E-state index contributed by atoms with van der Waals surface area (Å²) in [6.07, 6.45) is 1.63. The summed E-state index contributed by atoms with van der Waals surface area (Å²) in [6, 6.07) is 15.3. The number of carbonyl (C=O) groups excluding carboxylic acids is 3. The molecule has 0 spiro atoms. The molecule has 37 heavy (non-hydrogen) atoms. The van der Waals surface area contributed by atoms with Gasteiger partial charge in [0.25, 0.3) is 5.91 Å². The van der Waals surface area contributed by atoms with Crippen molar-refractivity contribution in [1.29, 1.82) is 0 Å². The molecule has 4 rings (SSSR count). The number of nitrogens with one attached hydrogen (secondary N) is 1. The van der Waals surface area contributed by atoms with Crippen molar-refractivity contribution in [3.63, 3.8) is 0 Å². The Morgan fingerprint density at radius 3 is 2.38 bits per heavy atom. The van der Waals surface area contributed by atoms with E-state index >= 15 is 0 Å². The average Bonchev–Trinajstić information content (AvgIpc) is 2.91. The number of rotatable bonds is 8. The summed E-state index contributed by atoms with van der Waals surface area (Å²) < 4.78 is 5.44. The summed E-state index contributed by atoms with van der Waals surface area (Å²) in [4.78, 5) is 44.8. The van der Waals surface area contributed by atoms with Crippen LogP contribution in [-0.2, 0) is 9.53 Å². The molecule has 8 nitrogen and oxygen atoms in total. The smallest absolute Gasteiger partial charge is 0.338 e. The number of hydrogen-bond acceptors (Lipinski definition) is 5. The number of esters is 1. The first-order chi connectivity index (χ1) is 17.9. The zero-order valence-electron chi connectivity index (χ0n) is 20.9. The molecule has 0 aromatic heterocycles. The normalized spacial score (nSPS) is 18.4. The Labute approximate surface area is 222 Å². The van der Waals surface area contributed by atoms with E-state index in [-0.39, 0.29) is 25.1 Å². The van der Waals surface area contributed by atoms with Gasteiger partial charge in [0.1, 0.15) is 0 Å². The second-order valence-corrected chi connectivity index (χ2v) is 9.28. The molecule has 1 fully saturated rings. The SMILES string of the molecule is C=CCN1C(=O)NC(c2ccccc2)C(C(=O)OCC)=C1CN1CCN(C(=O)c2ccc(Cl)cc2)CC1. The largest absolute Gasteiger partial charge is 0.463 e. The van der Waals surface area contributed by atoms with E-state index in [0.29, 0.717) is 54.6 Å². The van der Waals surface area contributed by atoms with Gasteiger partial charge >= 0.3 is 12.0 Å². The quantitative estimate of drug-likeness (QED) is 0.420. The van der Waals surface area contributed by atoms with Crippen LogP contribution in [0.4, 0.5) is 4.79 Å². The Bertz CT molecular complexity index is 1170. The molecule has 0 bridgehead atoms. The van der Waals surface area contributed by atoms with Crippen LogP contribution in [0.3, 0.4) is 0 Å². The minimum atomic E-state index is -0.628. The molecular formula is C28H31ClN4O4. The van der Waals surface area contributed by atoms with Gasteiger partial charge in [-0.15, -0.1) is 6.58 Å². The molecule has 2 aromatic carbocycles. The second kappa shape index (κ2) is 12.1. The van der Waals surface area contributed by atoms with Crippen molar-refractivity contribution in [3.8, 4) is 0 Å². The Balaban J connectivity index is 1.59. The number of hydrogen-bond donors (Lipinski definition) is 1. The highest BCUT2D eigenvalue weighted by Crippen LogP contribution is 2.32. The Hall–Kier alpha value is -3.62. The van der Waals surface area contributed by atoms with E-state index in [4.69, 9.17) is 16.3 Å². The number of urea groups is 1. The number of piperazine rings is 1. The first-order valence-corrected chi connectivity index (χ1v) is 12.7. The number of benzene rings is 2. The zero-order chi connectivity index (χ0) is 26.4. The fourth-order valence-electron chi connectivity index (χ4n) is 4.64. The molecule has 0 aliphatic carbocycles. The van der Waals surface area contributed by atoms with Crippen molar-refractivity contribution in [1.82, 2.24) is 20.0 Å². The minimum absolute atomic E-state index is 0.0442. The van der Waals surface area contributed by atoms with Crippen LogP contribution in [0.25, 0.3) is 0 Å². The first kappa shape index (κ1) is 26.4. The summed E-state index contributed by atoms with van der Waals surface area (Å²) in [6.45, 7) is 8.63. The molecule has 1 unspecified atom stereocenters. The lowest BCUT2D eigenvalue weighted by atomic mass is 9.94. The summed E-state index contributed by atoms with van der Waals surface area (Å²) in [5.41, 5.74) is 2.40. The Kier molecular flexibility index (Phi) is 8.63. The number of carbonyl (C=O) groups is 3. The van der Waals surface area contributed by atoms with Gasteiger partial charge in [0.15, 0.2) is 0 Å². The first-order valence-electron chi connectivity index (χ1n) is 12.3. The van der Waals surface area contributed by atoms with Gasteiger partial charge in [0, 0.05) is 55.6 Å². The second-order valence-electron chi connectivity index (χ2n) is 8.85. The standard InChI is InChI=1S/C28H31ClN4O4/c1-3-14-33-23(19-31-15-17-32(18-16-31)26(34)21-10-12-22(29)13-11-21)24(27(35)37-4-2)25(30-28(33)36)20-8-6-5-7-9-20/h3,5-13,25H,1,4,14-19H2,2H3,(H,30,36). The monoisotopic (exact) mass is 522 g/mol. The third kappa shape index (κ3) is 6.03. The van der Waals surface area contributed by atoms with Crippen molar-refractivity contribution >= 4 is 29.5 Å². The van der Waals surface area contributed by atoms with Crippen LogP contribution in [-0.4, -0.2) is 78.5 Å². The number of halogens is 1. The van der Waals surface area contributed by atoms with Crippen LogP contribution in [0.5, 0.6) is 0 Å². The molecule has 2 heterocycles. The molecular weight excluding hydrogens is 492 g/mol. The maximum absolute atomic E-state index is 13.2. The van der Waals surface area contributed by atoms with Crippen molar-refractivity contribution in [3.05, 3.63) is 94.7 Å². The van der Waals surface area contributed by atoms with E-state index in [1.807, 2.05) is 35.2 Å². The van der Waals surface area contributed by atoms with E-state index in [2.05, 4.69) is 16.8 Å². The van der Waals surface area contributed by atoms with Crippen molar-refractivity contribution in [2.24, 2.45) is 0 Å². The highest BCUT2D eigenvalue weighted by molar-refractivity contribution is 6.30. The van der Waals surface area contributed by atoms with Crippen LogP contribution in [0.2, 0.25) is 5.02 Å². The van der Waals surface area contributed by atoms with E-state index < -0.39 is 12.0 Å². The molecule has 2 aliphatic heterocycles. The molecule has 3 amide bonds. The summed E-state index contributed by atoms with van der Waals surface area (Å²) >= 11 is 5.95. The van der Waals surface area contributed by atoms with Gasteiger partial charge in [-0.2, -0.15) is 0 Å². The van der Waals surface area contributed by atoms with E-state index in [1.54, 1.807) is 42.2 Å². The van der Waals surface area contributed by atoms with E-state index in [9.17, 15) is 14.4 Å². The van der Waals surface area contributed by atoms with Gasteiger partial charge in [0.05, 0.1) is 18.2 Å². The lowest BCUT2D eigenvalue weighted by Gasteiger charge is -2.40. The fourth-order valence-corrected chi connectivity index (χ4v) is 4.76. The Morgan fingerprint density at radius 2 is 1.76 bits per heavy atom. The maximum atomic E-state index is 13.2. The fraction of sp³-hybridized carbons (Fsp3) is 0.321. The van der Waals surface area contributed by atoms with Crippen molar-refractivity contribution in [2.45, 2.75) is 13.0 Å². The van der Waals surface area contributed by atoms with Gasteiger partial charge in [0.2, 0.25) is 0 Å². The lowest BCUT2D eigenvalue weighted by molar-refractivity contribution is -0.139. The van der Waals surface area contributed by atoms with Gasteiger partial charge < -0.3 is 15.0 Å². The highest BCUT2D eigenvalue weighted by atomic mass is 35.5.